The molecule has 0 unspecified atom stereocenters. The summed E-state index contributed by atoms with van der Waals surface area (Å²) in [6, 6.07) is 1.91. The number of aliphatic hydroxyl groups is 1. The van der Waals surface area contributed by atoms with Crippen molar-refractivity contribution >= 4 is 5.95 Å². The van der Waals surface area contributed by atoms with Crippen LogP contribution >= 0.6 is 0 Å². The van der Waals surface area contributed by atoms with E-state index in [1.165, 1.54) is 0 Å². The fourth-order valence-electron chi connectivity index (χ4n) is 3.53. The van der Waals surface area contributed by atoms with Crippen molar-refractivity contribution in [2.24, 2.45) is 5.41 Å². The minimum absolute atomic E-state index is 0.0314. The van der Waals surface area contributed by atoms with Crippen LogP contribution in [0, 0.1) is 12.3 Å². The summed E-state index contributed by atoms with van der Waals surface area (Å²) < 4.78 is 5.79. The van der Waals surface area contributed by atoms with Crippen LogP contribution < -0.4 is 4.90 Å². The SMILES string of the molecule is CCO[C@@H]1C[C@@H](O)C12CCN(c1nccc(C)n1)CC2. The third kappa shape index (κ3) is 2.19. The summed E-state index contributed by atoms with van der Waals surface area (Å²) in [6.07, 6.45) is 4.52. The average molecular weight is 277 g/mol. The van der Waals surface area contributed by atoms with E-state index in [0.717, 1.165) is 50.6 Å². The van der Waals surface area contributed by atoms with Crippen molar-refractivity contribution in [2.45, 2.75) is 45.3 Å². The van der Waals surface area contributed by atoms with E-state index >= 15 is 0 Å². The summed E-state index contributed by atoms with van der Waals surface area (Å²) >= 11 is 0. The lowest BCUT2D eigenvalue weighted by Gasteiger charge is -2.56. The molecule has 1 spiro atoms. The van der Waals surface area contributed by atoms with Gasteiger partial charge in [-0.05, 0) is 32.8 Å². The Morgan fingerprint density at radius 2 is 2.20 bits per heavy atom. The first-order valence-electron chi connectivity index (χ1n) is 7.50. The second-order valence-electron chi connectivity index (χ2n) is 5.91. The van der Waals surface area contributed by atoms with Crippen molar-refractivity contribution in [3.63, 3.8) is 0 Å². The van der Waals surface area contributed by atoms with Crippen LogP contribution in [0.1, 0.15) is 31.9 Å². The molecule has 1 aromatic rings. The lowest BCUT2D eigenvalue weighted by Crippen LogP contribution is -2.62. The van der Waals surface area contributed by atoms with Crippen LogP contribution in [0.5, 0.6) is 0 Å². The molecule has 0 aromatic carbocycles. The highest BCUT2D eigenvalue weighted by Gasteiger charge is 2.56. The minimum Gasteiger partial charge on any atom is -0.392 e. The van der Waals surface area contributed by atoms with Gasteiger partial charge in [0, 0.05) is 43.4 Å². The van der Waals surface area contributed by atoms with E-state index in [-0.39, 0.29) is 17.6 Å². The number of aliphatic hydroxyl groups excluding tert-OH is 1. The molecule has 3 rings (SSSR count). The molecule has 1 saturated heterocycles. The van der Waals surface area contributed by atoms with Crippen molar-refractivity contribution in [2.75, 3.05) is 24.6 Å². The second kappa shape index (κ2) is 5.30. The Labute approximate surface area is 120 Å². The molecule has 1 N–H and O–H groups in total. The predicted octanol–water partition coefficient (Wildman–Crippen LogP) is 1.54. The maximum absolute atomic E-state index is 10.2. The Morgan fingerprint density at radius 3 is 2.80 bits per heavy atom. The molecule has 0 amide bonds. The van der Waals surface area contributed by atoms with Gasteiger partial charge in [0.05, 0.1) is 12.2 Å². The standard InChI is InChI=1S/C15H23N3O2/c1-3-20-13-10-12(19)15(13)5-8-18(9-6-15)14-16-7-4-11(2)17-14/h4,7,12-13,19H,3,5-6,8-10H2,1-2H3/t12-,13-/m1/s1. The van der Waals surface area contributed by atoms with Crippen molar-refractivity contribution in [1.29, 1.82) is 0 Å². The number of hydrogen-bond acceptors (Lipinski definition) is 5. The zero-order valence-electron chi connectivity index (χ0n) is 12.2. The number of rotatable bonds is 3. The van der Waals surface area contributed by atoms with Gasteiger partial charge < -0.3 is 14.7 Å². The first kappa shape index (κ1) is 13.8. The lowest BCUT2D eigenvalue weighted by atomic mass is 9.58. The summed E-state index contributed by atoms with van der Waals surface area (Å²) in [5.41, 5.74) is 0.960. The molecule has 20 heavy (non-hydrogen) atoms. The molecule has 110 valence electrons. The van der Waals surface area contributed by atoms with Crippen LogP contribution in [-0.4, -0.2) is 47.0 Å². The summed E-state index contributed by atoms with van der Waals surface area (Å²) in [7, 11) is 0. The molecule has 1 saturated carbocycles. The predicted molar refractivity (Wildman–Crippen MR) is 76.7 cm³/mol. The average Bonchev–Trinajstić information content (AvgIpc) is 2.47. The molecular formula is C15H23N3O2. The Morgan fingerprint density at radius 1 is 1.45 bits per heavy atom. The van der Waals surface area contributed by atoms with Crippen LogP contribution in [0.3, 0.4) is 0 Å². The van der Waals surface area contributed by atoms with Crippen LogP contribution in [0.4, 0.5) is 5.95 Å². The number of anilines is 1. The van der Waals surface area contributed by atoms with Crippen molar-refractivity contribution in [3.05, 3.63) is 18.0 Å². The zero-order valence-corrected chi connectivity index (χ0v) is 12.2. The molecule has 2 fully saturated rings. The molecule has 0 radical (unpaired) electrons. The van der Waals surface area contributed by atoms with Crippen LogP contribution in [-0.2, 0) is 4.74 Å². The maximum atomic E-state index is 10.2. The van der Waals surface area contributed by atoms with Crippen molar-refractivity contribution in [1.82, 2.24) is 9.97 Å². The van der Waals surface area contributed by atoms with Gasteiger partial charge in [0.15, 0.2) is 0 Å². The quantitative estimate of drug-likeness (QED) is 0.908. The zero-order chi connectivity index (χ0) is 14.2. The molecule has 5 heteroatoms. The van der Waals surface area contributed by atoms with Crippen LogP contribution in [0.25, 0.3) is 0 Å². The largest absolute Gasteiger partial charge is 0.392 e. The van der Waals surface area contributed by atoms with E-state index in [0.29, 0.717) is 0 Å². The van der Waals surface area contributed by atoms with Gasteiger partial charge in [-0.2, -0.15) is 0 Å². The van der Waals surface area contributed by atoms with Gasteiger partial charge in [0.1, 0.15) is 0 Å². The summed E-state index contributed by atoms with van der Waals surface area (Å²) in [5.74, 6) is 0.807. The monoisotopic (exact) mass is 277 g/mol. The number of aryl methyl sites for hydroxylation is 1. The Bertz CT molecular complexity index is 470. The summed E-state index contributed by atoms with van der Waals surface area (Å²) in [4.78, 5) is 11.0. The molecule has 1 aromatic heterocycles. The molecule has 2 aliphatic rings. The van der Waals surface area contributed by atoms with Crippen LogP contribution in [0.15, 0.2) is 12.3 Å². The normalized spacial score (nSPS) is 28.4. The fourth-order valence-corrected chi connectivity index (χ4v) is 3.53. The molecule has 2 heterocycles. The van der Waals surface area contributed by atoms with Crippen molar-refractivity contribution in [3.8, 4) is 0 Å². The number of ether oxygens (including phenoxy) is 1. The molecule has 2 atom stereocenters. The van der Waals surface area contributed by atoms with E-state index in [2.05, 4.69) is 14.9 Å². The highest BCUT2D eigenvalue weighted by Crippen LogP contribution is 2.51. The first-order chi connectivity index (χ1) is 9.65. The Balaban J connectivity index is 1.67. The Kier molecular flexibility index (Phi) is 3.65. The third-order valence-corrected chi connectivity index (χ3v) is 4.87. The van der Waals surface area contributed by atoms with Gasteiger partial charge in [-0.1, -0.05) is 0 Å². The third-order valence-electron chi connectivity index (χ3n) is 4.87. The molecule has 5 nitrogen and oxygen atoms in total. The van der Waals surface area contributed by atoms with Crippen molar-refractivity contribution < 1.29 is 9.84 Å². The molecule has 1 aliphatic carbocycles. The van der Waals surface area contributed by atoms with Gasteiger partial charge >= 0.3 is 0 Å². The highest BCUT2D eigenvalue weighted by atomic mass is 16.5. The topological polar surface area (TPSA) is 58.5 Å². The number of piperidine rings is 1. The minimum atomic E-state index is -0.209. The highest BCUT2D eigenvalue weighted by molar-refractivity contribution is 5.32. The van der Waals surface area contributed by atoms with Gasteiger partial charge in [0.25, 0.3) is 0 Å². The molecular weight excluding hydrogens is 254 g/mol. The number of hydrogen-bond donors (Lipinski definition) is 1. The van der Waals surface area contributed by atoms with Crippen LogP contribution in [0.2, 0.25) is 0 Å². The summed E-state index contributed by atoms with van der Waals surface area (Å²) in [5, 5.41) is 10.2. The number of aromatic nitrogens is 2. The first-order valence-corrected chi connectivity index (χ1v) is 7.50. The second-order valence-corrected chi connectivity index (χ2v) is 5.91. The van der Waals surface area contributed by atoms with E-state index < -0.39 is 0 Å². The summed E-state index contributed by atoms with van der Waals surface area (Å²) in [6.45, 7) is 6.52. The van der Waals surface area contributed by atoms with Gasteiger partial charge in [-0.15, -0.1) is 0 Å². The lowest BCUT2D eigenvalue weighted by molar-refractivity contribution is -0.199. The van der Waals surface area contributed by atoms with E-state index in [1.54, 1.807) is 0 Å². The molecule has 1 aliphatic heterocycles. The maximum Gasteiger partial charge on any atom is 0.225 e. The van der Waals surface area contributed by atoms with E-state index in [9.17, 15) is 5.11 Å². The Hall–Kier alpha value is -1.20. The number of nitrogens with zero attached hydrogens (tertiary/aromatic N) is 3. The fraction of sp³-hybridized carbons (Fsp3) is 0.733. The molecule has 0 bridgehead atoms. The van der Waals surface area contributed by atoms with E-state index in [4.69, 9.17) is 4.74 Å². The van der Waals surface area contributed by atoms with Gasteiger partial charge in [-0.25, -0.2) is 9.97 Å². The van der Waals surface area contributed by atoms with Gasteiger partial charge in [-0.3, -0.25) is 0 Å². The smallest absolute Gasteiger partial charge is 0.225 e. The van der Waals surface area contributed by atoms with E-state index in [1.807, 2.05) is 26.1 Å². The van der Waals surface area contributed by atoms with Gasteiger partial charge in [0.2, 0.25) is 5.95 Å².